The van der Waals surface area contributed by atoms with Gasteiger partial charge < -0.3 is 4.90 Å². The first-order chi connectivity index (χ1) is 10.1. The molecule has 1 aromatic rings. The van der Waals surface area contributed by atoms with Gasteiger partial charge in [0.2, 0.25) is 10.0 Å². The van der Waals surface area contributed by atoms with Gasteiger partial charge in [-0.15, -0.1) is 0 Å². The highest BCUT2D eigenvalue weighted by Crippen LogP contribution is 2.14. The van der Waals surface area contributed by atoms with Crippen LogP contribution in [0.3, 0.4) is 0 Å². The van der Waals surface area contributed by atoms with Crippen LogP contribution >= 0.6 is 11.6 Å². The predicted molar refractivity (Wildman–Crippen MR) is 86.2 cm³/mol. The molecule has 4 nitrogen and oxygen atoms in total. The third-order valence-corrected chi connectivity index (χ3v) is 5.49. The Morgan fingerprint density at radius 2 is 1.67 bits per heavy atom. The lowest BCUT2D eigenvalue weighted by atomic mass is 10.2. The van der Waals surface area contributed by atoms with Gasteiger partial charge in [0, 0.05) is 11.6 Å². The first kappa shape index (κ1) is 16.7. The highest BCUT2D eigenvalue weighted by Gasteiger charge is 2.13. The molecule has 118 valence electrons. The molecule has 0 unspecified atom stereocenters. The minimum Gasteiger partial charge on any atom is -0.303 e. The first-order valence-corrected chi connectivity index (χ1v) is 9.42. The van der Waals surface area contributed by atoms with Crippen LogP contribution in [0.4, 0.5) is 0 Å². The van der Waals surface area contributed by atoms with Crippen LogP contribution in [0.25, 0.3) is 0 Å². The number of sulfonamides is 1. The Bertz CT molecular complexity index is 523. The fraction of sp³-hybridized carbons (Fsp3) is 0.600. The van der Waals surface area contributed by atoms with E-state index in [9.17, 15) is 8.42 Å². The Kier molecular flexibility index (Phi) is 6.48. The molecule has 0 saturated carbocycles. The van der Waals surface area contributed by atoms with Crippen LogP contribution in [-0.2, 0) is 10.0 Å². The number of benzene rings is 1. The van der Waals surface area contributed by atoms with E-state index in [1.807, 2.05) is 0 Å². The maximum absolute atomic E-state index is 12.1. The zero-order chi connectivity index (χ0) is 15.1. The summed E-state index contributed by atoms with van der Waals surface area (Å²) in [6.45, 7) is 3.72. The van der Waals surface area contributed by atoms with Gasteiger partial charge in [0.05, 0.1) is 4.90 Å². The van der Waals surface area contributed by atoms with E-state index in [1.165, 1.54) is 37.8 Å². The molecule has 0 spiro atoms. The molecule has 21 heavy (non-hydrogen) atoms. The number of hydrogen-bond acceptors (Lipinski definition) is 3. The van der Waals surface area contributed by atoms with Crippen LogP contribution in [0.15, 0.2) is 29.2 Å². The van der Waals surface area contributed by atoms with E-state index < -0.39 is 10.0 Å². The summed E-state index contributed by atoms with van der Waals surface area (Å²) in [4.78, 5) is 2.70. The standard InChI is InChI=1S/C15H23ClN2O2S/c16-14-6-8-15(9-7-14)21(19,20)17-10-5-13-18-11-3-1-2-4-12-18/h6-9,17H,1-5,10-13H2. The molecule has 0 amide bonds. The molecule has 0 radical (unpaired) electrons. The molecule has 0 bridgehead atoms. The van der Waals surface area contributed by atoms with Crippen LogP contribution in [-0.4, -0.2) is 39.5 Å². The highest BCUT2D eigenvalue weighted by atomic mass is 35.5. The van der Waals surface area contributed by atoms with Crippen molar-refractivity contribution >= 4 is 21.6 Å². The number of rotatable bonds is 6. The van der Waals surface area contributed by atoms with E-state index >= 15 is 0 Å². The Labute approximate surface area is 132 Å². The molecule has 1 fully saturated rings. The second-order valence-electron chi connectivity index (χ2n) is 5.46. The average Bonchev–Trinajstić information content (AvgIpc) is 2.73. The zero-order valence-corrected chi connectivity index (χ0v) is 13.8. The number of nitrogens with one attached hydrogen (secondary N) is 1. The smallest absolute Gasteiger partial charge is 0.240 e. The third kappa shape index (κ3) is 5.58. The summed E-state index contributed by atoms with van der Waals surface area (Å²) in [5, 5.41) is 0.537. The van der Waals surface area contributed by atoms with Crippen LogP contribution in [0.2, 0.25) is 5.02 Å². The lowest BCUT2D eigenvalue weighted by molar-refractivity contribution is 0.282. The molecular weight excluding hydrogens is 308 g/mol. The van der Waals surface area contributed by atoms with Gasteiger partial charge in [-0.2, -0.15) is 0 Å². The molecule has 0 aliphatic carbocycles. The van der Waals surface area contributed by atoms with Gasteiger partial charge in [0.1, 0.15) is 0 Å². The zero-order valence-electron chi connectivity index (χ0n) is 12.2. The van der Waals surface area contributed by atoms with Crippen LogP contribution < -0.4 is 4.72 Å². The maximum atomic E-state index is 12.1. The fourth-order valence-electron chi connectivity index (χ4n) is 2.57. The van der Waals surface area contributed by atoms with Crippen molar-refractivity contribution in [3.63, 3.8) is 0 Å². The maximum Gasteiger partial charge on any atom is 0.240 e. The summed E-state index contributed by atoms with van der Waals surface area (Å²) in [6.07, 6.45) is 6.00. The predicted octanol–water partition coefficient (Wildman–Crippen LogP) is 2.88. The van der Waals surface area contributed by atoms with Gasteiger partial charge in [-0.3, -0.25) is 0 Å². The van der Waals surface area contributed by atoms with Crippen molar-refractivity contribution in [1.82, 2.24) is 9.62 Å². The first-order valence-electron chi connectivity index (χ1n) is 7.55. The van der Waals surface area contributed by atoms with Crippen LogP contribution in [0.1, 0.15) is 32.1 Å². The number of hydrogen-bond donors (Lipinski definition) is 1. The molecule has 2 rings (SSSR count). The molecule has 1 heterocycles. The quantitative estimate of drug-likeness (QED) is 0.816. The highest BCUT2D eigenvalue weighted by molar-refractivity contribution is 7.89. The van der Waals surface area contributed by atoms with Crippen molar-refractivity contribution in [3.8, 4) is 0 Å². The average molecular weight is 331 g/mol. The van der Waals surface area contributed by atoms with E-state index in [0.717, 1.165) is 26.1 Å². The fourth-order valence-corrected chi connectivity index (χ4v) is 3.77. The van der Waals surface area contributed by atoms with E-state index in [2.05, 4.69) is 9.62 Å². The van der Waals surface area contributed by atoms with E-state index in [-0.39, 0.29) is 4.90 Å². The van der Waals surface area contributed by atoms with Crippen molar-refractivity contribution in [1.29, 1.82) is 0 Å². The minimum atomic E-state index is -3.41. The Balaban J connectivity index is 1.75. The van der Waals surface area contributed by atoms with Gasteiger partial charge in [0.25, 0.3) is 0 Å². The number of likely N-dealkylation sites (tertiary alicyclic amines) is 1. The second kappa shape index (κ2) is 8.13. The second-order valence-corrected chi connectivity index (χ2v) is 7.66. The molecule has 1 aromatic carbocycles. The van der Waals surface area contributed by atoms with E-state index in [4.69, 9.17) is 11.6 Å². The van der Waals surface area contributed by atoms with E-state index in [0.29, 0.717) is 11.6 Å². The minimum absolute atomic E-state index is 0.265. The van der Waals surface area contributed by atoms with Crippen LogP contribution in [0.5, 0.6) is 0 Å². The van der Waals surface area contributed by atoms with Crippen molar-refractivity contribution in [2.24, 2.45) is 0 Å². The summed E-state index contributed by atoms with van der Waals surface area (Å²) in [5.74, 6) is 0. The van der Waals surface area contributed by atoms with Crippen molar-refractivity contribution in [2.45, 2.75) is 37.0 Å². The molecule has 1 N–H and O–H groups in total. The van der Waals surface area contributed by atoms with E-state index in [1.54, 1.807) is 12.1 Å². The monoisotopic (exact) mass is 330 g/mol. The van der Waals surface area contributed by atoms with Crippen LogP contribution in [0, 0.1) is 0 Å². The summed E-state index contributed by atoms with van der Waals surface area (Å²) in [5.41, 5.74) is 0. The van der Waals surface area contributed by atoms with Gasteiger partial charge in [-0.25, -0.2) is 13.1 Å². The normalized spacial score (nSPS) is 17.6. The summed E-state index contributed by atoms with van der Waals surface area (Å²) in [6, 6.07) is 6.24. The summed E-state index contributed by atoms with van der Waals surface area (Å²) >= 11 is 5.77. The molecule has 1 aliphatic heterocycles. The Hall–Kier alpha value is -0.620. The molecular formula is C15H23ClN2O2S. The number of halogens is 1. The lowest BCUT2D eigenvalue weighted by Crippen LogP contribution is -2.30. The molecule has 0 atom stereocenters. The van der Waals surface area contributed by atoms with Crippen molar-refractivity contribution in [2.75, 3.05) is 26.2 Å². The van der Waals surface area contributed by atoms with Crippen molar-refractivity contribution in [3.05, 3.63) is 29.3 Å². The molecule has 1 aliphatic rings. The third-order valence-electron chi connectivity index (χ3n) is 3.77. The molecule has 0 aromatic heterocycles. The van der Waals surface area contributed by atoms with Gasteiger partial charge in [0.15, 0.2) is 0 Å². The lowest BCUT2D eigenvalue weighted by Gasteiger charge is -2.19. The summed E-state index contributed by atoms with van der Waals surface area (Å²) < 4.78 is 26.8. The van der Waals surface area contributed by atoms with Crippen molar-refractivity contribution < 1.29 is 8.42 Å². The Morgan fingerprint density at radius 3 is 2.29 bits per heavy atom. The molecule has 6 heteroatoms. The SMILES string of the molecule is O=S(=O)(NCCCN1CCCCCC1)c1ccc(Cl)cc1. The van der Waals surface area contributed by atoms with Gasteiger partial charge in [-0.05, 0) is 63.2 Å². The summed E-state index contributed by atoms with van der Waals surface area (Å²) in [7, 11) is -3.41. The Morgan fingerprint density at radius 1 is 1.05 bits per heavy atom. The molecule has 1 saturated heterocycles. The largest absolute Gasteiger partial charge is 0.303 e. The van der Waals surface area contributed by atoms with Gasteiger partial charge in [-0.1, -0.05) is 24.4 Å². The number of nitrogens with zero attached hydrogens (tertiary/aromatic N) is 1. The van der Waals surface area contributed by atoms with Gasteiger partial charge >= 0.3 is 0 Å². The topological polar surface area (TPSA) is 49.4 Å².